The van der Waals surface area contributed by atoms with E-state index >= 15 is 0 Å². The molecule has 11 nitrogen and oxygen atoms in total. The molecule has 77 heavy (non-hydrogen) atoms. The monoisotopic (exact) mass is 1090 g/mol. The predicted octanol–water partition coefficient (Wildman–Crippen LogP) is 15.4. The highest BCUT2D eigenvalue weighted by Crippen LogP contribution is 2.23. The summed E-state index contributed by atoms with van der Waals surface area (Å²) >= 11 is 0. The number of hydrogen-bond donors (Lipinski definition) is 6. The molecule has 0 spiro atoms. The first-order valence-electron chi connectivity index (χ1n) is 32.0. The van der Waals surface area contributed by atoms with Crippen LogP contribution in [-0.4, -0.2) is 100 Å². The van der Waals surface area contributed by atoms with Crippen LogP contribution < -0.4 is 5.32 Å². The first-order valence-corrected chi connectivity index (χ1v) is 32.0. The number of carbonyl (C=O) groups excluding carboxylic acids is 2. The van der Waals surface area contributed by atoms with Gasteiger partial charge in [0.15, 0.2) is 6.29 Å². The molecule has 6 N–H and O–H groups in total. The normalized spacial score (nSPS) is 19.0. The summed E-state index contributed by atoms with van der Waals surface area (Å²) in [6.45, 7) is 4.08. The topological polar surface area (TPSA) is 175 Å². The maximum Gasteiger partial charge on any atom is 0.305 e. The van der Waals surface area contributed by atoms with Crippen LogP contribution in [0.4, 0.5) is 0 Å². The van der Waals surface area contributed by atoms with Crippen molar-refractivity contribution in [2.45, 2.75) is 326 Å². The van der Waals surface area contributed by atoms with Gasteiger partial charge in [-0.15, -0.1) is 0 Å². The number of allylic oxidation sites excluding steroid dienone is 9. The summed E-state index contributed by atoms with van der Waals surface area (Å²) in [6.07, 6.45) is 62.2. The molecule has 7 unspecified atom stereocenters. The van der Waals surface area contributed by atoms with Crippen molar-refractivity contribution in [3.05, 3.63) is 60.8 Å². The second-order valence-electron chi connectivity index (χ2n) is 22.1. The van der Waals surface area contributed by atoms with Gasteiger partial charge in [0.25, 0.3) is 0 Å². The molecule has 0 aromatic rings. The number of esters is 1. The molecule has 1 rings (SSSR count). The fourth-order valence-corrected chi connectivity index (χ4v) is 9.82. The Labute approximate surface area is 471 Å². The Bertz CT molecular complexity index is 1460. The van der Waals surface area contributed by atoms with Crippen molar-refractivity contribution in [3.63, 3.8) is 0 Å². The first kappa shape index (κ1) is 72.4. The van der Waals surface area contributed by atoms with Crippen LogP contribution in [0.25, 0.3) is 0 Å². The van der Waals surface area contributed by atoms with E-state index in [4.69, 9.17) is 14.2 Å². The Morgan fingerprint density at radius 3 is 1.36 bits per heavy atom. The Hall–Kier alpha value is -2.64. The molecule has 7 atom stereocenters. The fourth-order valence-electron chi connectivity index (χ4n) is 9.82. The summed E-state index contributed by atoms with van der Waals surface area (Å²) in [5, 5.41) is 54.1. The highest BCUT2D eigenvalue weighted by Gasteiger charge is 2.44. The van der Waals surface area contributed by atoms with Gasteiger partial charge in [0.1, 0.15) is 24.4 Å². The maximum absolute atomic E-state index is 13.0. The van der Waals surface area contributed by atoms with E-state index < -0.39 is 49.5 Å². The van der Waals surface area contributed by atoms with Crippen molar-refractivity contribution in [3.8, 4) is 0 Å². The Balaban J connectivity index is 1.98. The van der Waals surface area contributed by atoms with E-state index in [0.29, 0.717) is 25.9 Å². The van der Waals surface area contributed by atoms with Crippen molar-refractivity contribution in [1.29, 1.82) is 0 Å². The van der Waals surface area contributed by atoms with E-state index in [0.717, 1.165) is 77.0 Å². The van der Waals surface area contributed by atoms with Gasteiger partial charge in [0, 0.05) is 12.8 Å². The second kappa shape index (κ2) is 55.3. The van der Waals surface area contributed by atoms with Gasteiger partial charge in [-0.1, -0.05) is 228 Å². The van der Waals surface area contributed by atoms with Gasteiger partial charge in [-0.2, -0.15) is 0 Å². The predicted molar refractivity (Wildman–Crippen MR) is 320 cm³/mol. The lowest BCUT2D eigenvalue weighted by Gasteiger charge is -2.40. The average Bonchev–Trinajstić information content (AvgIpc) is 3.43. The van der Waals surface area contributed by atoms with Crippen LogP contribution in [0, 0.1) is 0 Å². The van der Waals surface area contributed by atoms with Crippen LogP contribution in [0.5, 0.6) is 0 Å². The number of rotatable bonds is 55. The molecule has 0 radical (unpaired) electrons. The van der Waals surface area contributed by atoms with Gasteiger partial charge in [0.05, 0.1) is 32.0 Å². The largest absolute Gasteiger partial charge is 0.466 e. The zero-order valence-corrected chi connectivity index (χ0v) is 49.4. The van der Waals surface area contributed by atoms with Gasteiger partial charge in [0.2, 0.25) is 5.91 Å². The molecule has 1 aliphatic heterocycles. The molecule has 0 aromatic carbocycles. The van der Waals surface area contributed by atoms with Crippen molar-refractivity contribution in [2.24, 2.45) is 0 Å². The van der Waals surface area contributed by atoms with Gasteiger partial charge in [-0.3, -0.25) is 9.59 Å². The average molecular weight is 1090 g/mol. The van der Waals surface area contributed by atoms with E-state index in [1.807, 2.05) is 19.1 Å². The minimum Gasteiger partial charge on any atom is -0.466 e. The molecular formula is C66H119NO10. The Kier molecular flexibility index (Phi) is 52.0. The number of amides is 1. The van der Waals surface area contributed by atoms with Crippen LogP contribution in [0.1, 0.15) is 284 Å². The Morgan fingerprint density at radius 2 is 0.896 bits per heavy atom. The van der Waals surface area contributed by atoms with Crippen LogP contribution >= 0.6 is 0 Å². The minimum absolute atomic E-state index is 0.00681. The second-order valence-corrected chi connectivity index (χ2v) is 22.1. The number of aliphatic hydroxyl groups excluding tert-OH is 5. The zero-order chi connectivity index (χ0) is 55.9. The molecule has 1 amide bonds. The smallest absolute Gasteiger partial charge is 0.305 e. The summed E-state index contributed by atoms with van der Waals surface area (Å²) in [6, 6.07) is -0.839. The molecule has 0 bridgehead atoms. The number of carbonyl (C=O) groups is 2. The lowest BCUT2D eigenvalue weighted by molar-refractivity contribution is -0.302. The van der Waals surface area contributed by atoms with Crippen molar-refractivity contribution >= 4 is 11.9 Å². The van der Waals surface area contributed by atoms with E-state index in [9.17, 15) is 35.1 Å². The van der Waals surface area contributed by atoms with E-state index in [1.165, 1.54) is 173 Å². The minimum atomic E-state index is -1.58. The third-order valence-corrected chi connectivity index (χ3v) is 14.9. The third kappa shape index (κ3) is 44.8. The zero-order valence-electron chi connectivity index (χ0n) is 49.4. The van der Waals surface area contributed by atoms with Gasteiger partial charge in [-0.05, 0) is 103 Å². The number of hydrogen-bond acceptors (Lipinski definition) is 10. The van der Waals surface area contributed by atoms with Crippen molar-refractivity contribution in [2.75, 3.05) is 19.8 Å². The highest BCUT2D eigenvalue weighted by atomic mass is 16.7. The molecule has 0 aliphatic carbocycles. The SMILES string of the molecule is C/C=C/CC/C=C/CC/C=C/C(O)C(COC1OC(CO)C(O)C(O)C1O)NC(=O)CCCCCCCCC/C=C\CCCCCCCCCCCCCOC(=O)CCCCCCCCC/C=C\CCCCCCCCC. The van der Waals surface area contributed by atoms with Gasteiger partial charge >= 0.3 is 5.97 Å². The molecule has 1 saturated heterocycles. The maximum atomic E-state index is 13.0. The molecule has 1 aliphatic rings. The molecule has 448 valence electrons. The molecule has 1 heterocycles. The highest BCUT2D eigenvalue weighted by molar-refractivity contribution is 5.76. The van der Waals surface area contributed by atoms with Gasteiger partial charge < -0.3 is 45.1 Å². The quantitative estimate of drug-likeness (QED) is 0.0195. The summed E-state index contributed by atoms with van der Waals surface area (Å²) in [5.41, 5.74) is 0. The molecular weight excluding hydrogens is 967 g/mol. The number of ether oxygens (including phenoxy) is 3. The van der Waals surface area contributed by atoms with E-state index in [1.54, 1.807) is 6.08 Å². The first-order chi connectivity index (χ1) is 37.7. The molecule has 1 fully saturated rings. The van der Waals surface area contributed by atoms with Crippen LogP contribution in [0.3, 0.4) is 0 Å². The van der Waals surface area contributed by atoms with Crippen molar-refractivity contribution < 1.29 is 49.3 Å². The van der Waals surface area contributed by atoms with E-state index in [-0.39, 0.29) is 18.5 Å². The Morgan fingerprint density at radius 1 is 0.494 bits per heavy atom. The molecule has 0 aromatic heterocycles. The number of unbranched alkanes of at least 4 members (excludes halogenated alkanes) is 34. The van der Waals surface area contributed by atoms with Crippen LogP contribution in [0.15, 0.2) is 60.8 Å². The molecule has 11 heteroatoms. The van der Waals surface area contributed by atoms with Crippen LogP contribution in [-0.2, 0) is 23.8 Å². The van der Waals surface area contributed by atoms with E-state index in [2.05, 4.69) is 54.8 Å². The van der Waals surface area contributed by atoms with Crippen LogP contribution in [0.2, 0.25) is 0 Å². The third-order valence-electron chi connectivity index (χ3n) is 14.9. The number of nitrogens with one attached hydrogen (secondary N) is 1. The standard InChI is InChI=1S/C66H119NO10/c1-3-5-7-9-11-13-14-15-16-17-25-28-31-34-38-42-46-50-54-62(71)75-55-51-47-43-39-35-32-29-26-23-21-19-18-20-22-24-27-30-33-37-41-45-49-53-61(70)67-58(59(69)52-48-44-40-36-12-10-8-6-4-2)57-76-66-65(74)64(73)63(72)60(56-68)77-66/h4,6,12,16-17,20,22,36,48,52,58-60,63-66,68-69,72-74H,3,5,7-11,13-15,18-19,21,23-35,37-47,49-51,53-57H2,1-2H3,(H,67,70)/b6-4+,17-16-,22-20-,36-12+,52-48+. The lowest BCUT2D eigenvalue weighted by atomic mass is 9.99. The fraction of sp³-hybridized carbons (Fsp3) is 0.818. The lowest BCUT2D eigenvalue weighted by Crippen LogP contribution is -2.60. The summed E-state index contributed by atoms with van der Waals surface area (Å²) in [7, 11) is 0. The summed E-state index contributed by atoms with van der Waals surface area (Å²) in [5.74, 6) is -0.214. The van der Waals surface area contributed by atoms with Gasteiger partial charge in [-0.25, -0.2) is 0 Å². The summed E-state index contributed by atoms with van der Waals surface area (Å²) in [4.78, 5) is 25.1. The summed E-state index contributed by atoms with van der Waals surface area (Å²) < 4.78 is 16.7. The van der Waals surface area contributed by atoms with Crippen molar-refractivity contribution in [1.82, 2.24) is 5.32 Å². The molecule has 0 saturated carbocycles. The number of aliphatic hydroxyl groups is 5.